The van der Waals surface area contributed by atoms with Gasteiger partial charge >= 0.3 is 5.97 Å². The number of ether oxygens (including phenoxy) is 2. The molecular weight excluding hydrogens is 220 g/mol. The molecule has 5 nitrogen and oxygen atoms in total. The SMILES string of the molecule is COC(=O)c1cccc(N)c1NCC(C)OC. The van der Waals surface area contributed by atoms with Gasteiger partial charge in [-0.05, 0) is 19.1 Å². The Bertz CT molecular complexity index is 393. The van der Waals surface area contributed by atoms with Crippen LogP contribution < -0.4 is 11.1 Å². The zero-order valence-corrected chi connectivity index (χ0v) is 10.3. The first-order chi connectivity index (χ1) is 8.10. The van der Waals surface area contributed by atoms with Crippen molar-refractivity contribution in [1.29, 1.82) is 0 Å². The Morgan fingerprint density at radius 3 is 2.76 bits per heavy atom. The number of esters is 1. The standard InChI is InChI=1S/C12H18N2O3/c1-8(16-2)7-14-11-9(12(15)17-3)5-4-6-10(11)13/h4-6,8,14H,7,13H2,1-3H3. The van der Waals surface area contributed by atoms with E-state index in [1.807, 2.05) is 6.92 Å². The van der Waals surface area contributed by atoms with E-state index in [1.165, 1.54) is 7.11 Å². The van der Waals surface area contributed by atoms with E-state index in [0.717, 1.165) is 0 Å². The predicted octanol–water partition coefficient (Wildman–Crippen LogP) is 1.50. The van der Waals surface area contributed by atoms with Crippen molar-refractivity contribution in [3.63, 3.8) is 0 Å². The lowest BCUT2D eigenvalue weighted by molar-refractivity contribution is 0.0601. The highest BCUT2D eigenvalue weighted by molar-refractivity contribution is 5.98. The number of nitrogens with one attached hydrogen (secondary N) is 1. The van der Waals surface area contributed by atoms with Crippen LogP contribution >= 0.6 is 0 Å². The second-order valence-corrected chi connectivity index (χ2v) is 3.69. The van der Waals surface area contributed by atoms with Crippen LogP contribution in [0.15, 0.2) is 18.2 Å². The van der Waals surface area contributed by atoms with Crippen molar-refractivity contribution < 1.29 is 14.3 Å². The Labute approximate surface area is 101 Å². The first-order valence-corrected chi connectivity index (χ1v) is 5.33. The fourth-order valence-electron chi connectivity index (χ4n) is 1.38. The maximum Gasteiger partial charge on any atom is 0.340 e. The van der Waals surface area contributed by atoms with Gasteiger partial charge < -0.3 is 20.5 Å². The summed E-state index contributed by atoms with van der Waals surface area (Å²) in [4.78, 5) is 11.6. The summed E-state index contributed by atoms with van der Waals surface area (Å²) < 4.78 is 9.82. The molecule has 0 aliphatic heterocycles. The molecule has 1 unspecified atom stereocenters. The summed E-state index contributed by atoms with van der Waals surface area (Å²) in [6, 6.07) is 5.11. The van der Waals surface area contributed by atoms with Crippen molar-refractivity contribution in [2.75, 3.05) is 31.8 Å². The van der Waals surface area contributed by atoms with E-state index in [-0.39, 0.29) is 6.10 Å². The highest BCUT2D eigenvalue weighted by Gasteiger charge is 2.14. The second-order valence-electron chi connectivity index (χ2n) is 3.69. The predicted molar refractivity (Wildman–Crippen MR) is 67.2 cm³/mol. The number of rotatable bonds is 5. The molecular formula is C12H18N2O3. The molecule has 1 rings (SSSR count). The number of nitrogens with two attached hydrogens (primary N) is 1. The maximum absolute atomic E-state index is 11.6. The lowest BCUT2D eigenvalue weighted by Gasteiger charge is -2.16. The fraction of sp³-hybridized carbons (Fsp3) is 0.417. The minimum absolute atomic E-state index is 0.0279. The zero-order valence-electron chi connectivity index (χ0n) is 10.3. The van der Waals surface area contributed by atoms with E-state index in [9.17, 15) is 4.79 Å². The number of carbonyl (C=O) groups excluding carboxylic acids is 1. The number of nitrogen functional groups attached to an aromatic ring is 1. The topological polar surface area (TPSA) is 73.6 Å². The largest absolute Gasteiger partial charge is 0.465 e. The van der Waals surface area contributed by atoms with E-state index in [0.29, 0.717) is 23.5 Å². The Morgan fingerprint density at radius 1 is 1.47 bits per heavy atom. The van der Waals surface area contributed by atoms with Crippen LogP contribution in [0.1, 0.15) is 17.3 Å². The first-order valence-electron chi connectivity index (χ1n) is 5.33. The van der Waals surface area contributed by atoms with E-state index < -0.39 is 5.97 Å². The van der Waals surface area contributed by atoms with Crippen LogP contribution in [0.3, 0.4) is 0 Å². The number of hydrogen-bond acceptors (Lipinski definition) is 5. The Kier molecular flexibility index (Phi) is 4.78. The van der Waals surface area contributed by atoms with Crippen LogP contribution in [0.25, 0.3) is 0 Å². The van der Waals surface area contributed by atoms with Crippen molar-refractivity contribution in [3.05, 3.63) is 23.8 Å². The molecule has 0 heterocycles. The molecule has 0 saturated carbocycles. The summed E-state index contributed by atoms with van der Waals surface area (Å²) >= 11 is 0. The molecule has 0 bridgehead atoms. The van der Waals surface area contributed by atoms with Crippen LogP contribution in [-0.2, 0) is 9.47 Å². The molecule has 0 radical (unpaired) electrons. The molecule has 1 atom stereocenters. The van der Waals surface area contributed by atoms with Crippen molar-refractivity contribution in [1.82, 2.24) is 0 Å². The fourth-order valence-corrected chi connectivity index (χ4v) is 1.38. The summed E-state index contributed by atoms with van der Waals surface area (Å²) in [5.74, 6) is -0.412. The number of methoxy groups -OCH3 is 2. The van der Waals surface area contributed by atoms with Crippen LogP contribution in [0.2, 0.25) is 0 Å². The van der Waals surface area contributed by atoms with Crippen molar-refractivity contribution in [2.45, 2.75) is 13.0 Å². The third kappa shape index (κ3) is 3.35. The number of hydrogen-bond donors (Lipinski definition) is 2. The van der Waals surface area contributed by atoms with E-state index >= 15 is 0 Å². The highest BCUT2D eigenvalue weighted by atomic mass is 16.5. The van der Waals surface area contributed by atoms with Gasteiger partial charge in [-0.25, -0.2) is 4.79 Å². The molecule has 0 aliphatic carbocycles. The molecule has 3 N–H and O–H groups in total. The normalized spacial score (nSPS) is 11.9. The van der Waals surface area contributed by atoms with Gasteiger partial charge in [-0.15, -0.1) is 0 Å². The quantitative estimate of drug-likeness (QED) is 0.600. The molecule has 17 heavy (non-hydrogen) atoms. The molecule has 0 saturated heterocycles. The lowest BCUT2D eigenvalue weighted by Crippen LogP contribution is -2.20. The van der Waals surface area contributed by atoms with Crippen LogP contribution in [0, 0.1) is 0 Å². The second kappa shape index (κ2) is 6.10. The molecule has 94 valence electrons. The van der Waals surface area contributed by atoms with Crippen LogP contribution in [-0.4, -0.2) is 32.8 Å². The van der Waals surface area contributed by atoms with Gasteiger partial charge in [-0.1, -0.05) is 6.07 Å². The van der Waals surface area contributed by atoms with E-state index in [4.69, 9.17) is 15.2 Å². The summed E-state index contributed by atoms with van der Waals surface area (Å²) in [7, 11) is 2.97. The molecule has 0 aromatic heterocycles. The van der Waals surface area contributed by atoms with Gasteiger partial charge in [0.15, 0.2) is 0 Å². The summed E-state index contributed by atoms with van der Waals surface area (Å²) in [5, 5.41) is 3.10. The molecule has 0 fully saturated rings. The minimum atomic E-state index is -0.412. The van der Waals surface area contributed by atoms with E-state index in [2.05, 4.69) is 5.32 Å². The highest BCUT2D eigenvalue weighted by Crippen LogP contribution is 2.24. The average molecular weight is 238 g/mol. The van der Waals surface area contributed by atoms with Gasteiger partial charge in [-0.3, -0.25) is 0 Å². The first kappa shape index (κ1) is 13.3. The maximum atomic E-state index is 11.6. The van der Waals surface area contributed by atoms with Gasteiger partial charge in [0.25, 0.3) is 0 Å². The Hall–Kier alpha value is -1.75. The molecule has 0 amide bonds. The molecule has 0 aliphatic rings. The number of para-hydroxylation sites is 1. The molecule has 0 spiro atoms. The van der Waals surface area contributed by atoms with Crippen molar-refractivity contribution in [3.8, 4) is 0 Å². The monoisotopic (exact) mass is 238 g/mol. The molecule has 1 aromatic rings. The molecule has 5 heteroatoms. The van der Waals surface area contributed by atoms with Gasteiger partial charge in [0, 0.05) is 13.7 Å². The Morgan fingerprint density at radius 2 is 2.18 bits per heavy atom. The minimum Gasteiger partial charge on any atom is -0.465 e. The summed E-state index contributed by atoms with van der Waals surface area (Å²) in [6.45, 7) is 2.48. The number of carbonyl (C=O) groups is 1. The molecule has 1 aromatic carbocycles. The average Bonchev–Trinajstić information content (AvgIpc) is 2.35. The van der Waals surface area contributed by atoms with Crippen LogP contribution in [0.4, 0.5) is 11.4 Å². The zero-order chi connectivity index (χ0) is 12.8. The lowest BCUT2D eigenvalue weighted by atomic mass is 10.1. The smallest absolute Gasteiger partial charge is 0.340 e. The van der Waals surface area contributed by atoms with Gasteiger partial charge in [0.05, 0.1) is 30.2 Å². The number of benzene rings is 1. The van der Waals surface area contributed by atoms with Gasteiger partial charge in [0.2, 0.25) is 0 Å². The van der Waals surface area contributed by atoms with E-state index in [1.54, 1.807) is 25.3 Å². The third-order valence-corrected chi connectivity index (χ3v) is 2.47. The van der Waals surface area contributed by atoms with Crippen molar-refractivity contribution >= 4 is 17.3 Å². The number of anilines is 2. The Balaban J connectivity index is 2.92. The summed E-state index contributed by atoms with van der Waals surface area (Å²) in [6.07, 6.45) is 0.0279. The summed E-state index contributed by atoms with van der Waals surface area (Å²) in [5.41, 5.74) is 7.35. The third-order valence-electron chi connectivity index (χ3n) is 2.47. The van der Waals surface area contributed by atoms with Gasteiger partial charge in [0.1, 0.15) is 0 Å². The van der Waals surface area contributed by atoms with Crippen LogP contribution in [0.5, 0.6) is 0 Å². The van der Waals surface area contributed by atoms with Crippen molar-refractivity contribution in [2.24, 2.45) is 0 Å². The van der Waals surface area contributed by atoms with Gasteiger partial charge in [-0.2, -0.15) is 0 Å².